The van der Waals surface area contributed by atoms with Gasteiger partial charge in [-0.2, -0.15) is 0 Å². The fourth-order valence-corrected chi connectivity index (χ4v) is 3.41. The fourth-order valence-electron chi connectivity index (χ4n) is 3.41. The zero-order valence-corrected chi connectivity index (χ0v) is 16.8. The molecule has 2 aromatic carbocycles. The van der Waals surface area contributed by atoms with Crippen LogP contribution in [0.2, 0.25) is 0 Å². The number of carbonyl (C=O) groups is 2. The van der Waals surface area contributed by atoms with Crippen molar-refractivity contribution in [1.82, 2.24) is 0 Å². The molecule has 2 aromatic rings. The smallest absolute Gasteiger partial charge is 0.310 e. The first-order chi connectivity index (χ1) is 15.2. The highest BCUT2D eigenvalue weighted by molar-refractivity contribution is 5.73. The van der Waals surface area contributed by atoms with Crippen molar-refractivity contribution in [3.8, 4) is 11.5 Å². The van der Waals surface area contributed by atoms with Gasteiger partial charge in [-0.3, -0.25) is 9.59 Å². The van der Waals surface area contributed by atoms with Crippen molar-refractivity contribution in [1.29, 1.82) is 0 Å². The van der Waals surface area contributed by atoms with E-state index in [-0.39, 0.29) is 24.3 Å². The van der Waals surface area contributed by atoms with E-state index < -0.39 is 48.6 Å². The Morgan fingerprint density at radius 2 is 0.938 bits per heavy atom. The Labute approximate surface area is 182 Å². The molecule has 1 aliphatic carbocycles. The third kappa shape index (κ3) is 5.54. The molecular weight excluding hydrogens is 424 g/mol. The molecule has 4 atom stereocenters. The van der Waals surface area contributed by atoms with Gasteiger partial charge < -0.3 is 40.1 Å². The first kappa shape index (κ1) is 23.5. The second-order valence-corrected chi connectivity index (χ2v) is 7.56. The van der Waals surface area contributed by atoms with E-state index in [1.807, 2.05) is 0 Å². The summed E-state index contributed by atoms with van der Waals surface area (Å²) in [6, 6.07) is 11.4. The molecule has 4 unspecified atom stereocenters. The van der Waals surface area contributed by atoms with Gasteiger partial charge in [-0.15, -0.1) is 0 Å². The number of benzene rings is 2. The number of hydrogen-bond acceptors (Lipinski definition) is 10. The maximum absolute atomic E-state index is 12.3. The van der Waals surface area contributed by atoms with Crippen molar-refractivity contribution < 1.29 is 49.7 Å². The number of esters is 2. The Balaban J connectivity index is 1.66. The van der Waals surface area contributed by atoms with Gasteiger partial charge >= 0.3 is 11.9 Å². The maximum Gasteiger partial charge on any atom is 0.310 e. The van der Waals surface area contributed by atoms with E-state index in [0.717, 1.165) is 0 Å². The third-order valence-corrected chi connectivity index (χ3v) is 5.15. The molecule has 0 saturated heterocycles. The monoisotopic (exact) mass is 448 g/mol. The van der Waals surface area contributed by atoms with Crippen molar-refractivity contribution in [3.63, 3.8) is 0 Å². The van der Waals surface area contributed by atoms with Crippen LogP contribution in [-0.4, -0.2) is 79.2 Å². The second kappa shape index (κ2) is 9.96. The standard InChI is InChI=1S/C22H24O10/c23-13-5-1-11(2-6-13)9-15(25)31-21-18(28)17(27)19(29)22(20(21)30)32-16(26)10-12-3-7-14(24)8-4-12/h1-8,17-24,27-30H,9-10H2. The van der Waals surface area contributed by atoms with Gasteiger partial charge in [-0.1, -0.05) is 24.3 Å². The summed E-state index contributed by atoms with van der Waals surface area (Å²) in [5.74, 6) is -1.68. The zero-order valence-electron chi connectivity index (χ0n) is 16.8. The van der Waals surface area contributed by atoms with Gasteiger partial charge in [0.05, 0.1) is 12.8 Å². The minimum absolute atomic E-state index is 0.00862. The van der Waals surface area contributed by atoms with E-state index in [2.05, 4.69) is 0 Å². The molecule has 0 bridgehead atoms. The molecule has 0 aliphatic heterocycles. The van der Waals surface area contributed by atoms with Crippen LogP contribution >= 0.6 is 0 Å². The van der Waals surface area contributed by atoms with Crippen LogP contribution in [0.4, 0.5) is 0 Å². The minimum Gasteiger partial charge on any atom is -0.508 e. The normalized spacial score (nSPS) is 27.5. The number of rotatable bonds is 6. The number of ether oxygens (including phenoxy) is 2. The van der Waals surface area contributed by atoms with Gasteiger partial charge in [-0.05, 0) is 35.4 Å². The van der Waals surface area contributed by atoms with Crippen molar-refractivity contribution in [3.05, 3.63) is 59.7 Å². The topological polar surface area (TPSA) is 174 Å². The van der Waals surface area contributed by atoms with Gasteiger partial charge in [0.2, 0.25) is 0 Å². The van der Waals surface area contributed by atoms with E-state index in [4.69, 9.17) is 9.47 Å². The third-order valence-electron chi connectivity index (χ3n) is 5.15. The number of aliphatic hydroxyl groups excluding tert-OH is 4. The molecule has 0 spiro atoms. The second-order valence-electron chi connectivity index (χ2n) is 7.56. The first-order valence-corrected chi connectivity index (χ1v) is 9.82. The molecule has 3 rings (SSSR count). The number of phenols is 2. The summed E-state index contributed by atoms with van der Waals surface area (Å²) in [6.07, 6.45) is -11.1. The summed E-state index contributed by atoms with van der Waals surface area (Å²) in [7, 11) is 0. The van der Waals surface area contributed by atoms with Crippen molar-refractivity contribution >= 4 is 11.9 Å². The summed E-state index contributed by atoms with van der Waals surface area (Å²) in [5.41, 5.74) is 0.982. The summed E-state index contributed by atoms with van der Waals surface area (Å²) < 4.78 is 10.2. The highest BCUT2D eigenvalue weighted by Gasteiger charge is 2.52. The van der Waals surface area contributed by atoms with E-state index in [1.54, 1.807) is 0 Å². The first-order valence-electron chi connectivity index (χ1n) is 9.82. The van der Waals surface area contributed by atoms with E-state index in [0.29, 0.717) is 11.1 Å². The molecule has 10 heteroatoms. The highest BCUT2D eigenvalue weighted by Crippen LogP contribution is 2.27. The number of carbonyl (C=O) groups excluding carboxylic acids is 2. The van der Waals surface area contributed by atoms with Gasteiger partial charge in [0.25, 0.3) is 0 Å². The van der Waals surface area contributed by atoms with E-state index in [9.17, 15) is 40.2 Å². The lowest BCUT2D eigenvalue weighted by Crippen LogP contribution is -2.65. The Bertz CT molecular complexity index is 851. The molecule has 32 heavy (non-hydrogen) atoms. The van der Waals surface area contributed by atoms with Crippen LogP contribution in [0.15, 0.2) is 48.5 Å². The van der Waals surface area contributed by atoms with Crippen LogP contribution in [0, 0.1) is 0 Å². The molecule has 10 nitrogen and oxygen atoms in total. The van der Waals surface area contributed by atoms with Crippen LogP contribution in [0.3, 0.4) is 0 Å². The quantitative estimate of drug-likeness (QED) is 0.306. The minimum atomic E-state index is -1.85. The highest BCUT2D eigenvalue weighted by atomic mass is 16.6. The molecule has 172 valence electrons. The average Bonchev–Trinajstić information content (AvgIpc) is 2.76. The van der Waals surface area contributed by atoms with Crippen LogP contribution < -0.4 is 0 Å². The predicted molar refractivity (Wildman–Crippen MR) is 107 cm³/mol. The number of phenolic OH excluding ortho intramolecular Hbond substituents is 2. The molecule has 1 saturated carbocycles. The zero-order chi connectivity index (χ0) is 23.4. The predicted octanol–water partition coefficient (Wildman–Crippen LogP) is -0.836. The molecule has 1 aliphatic rings. The van der Waals surface area contributed by atoms with Crippen molar-refractivity contribution in [2.24, 2.45) is 0 Å². The van der Waals surface area contributed by atoms with Gasteiger partial charge in [-0.25, -0.2) is 0 Å². The molecular formula is C22H24O10. The van der Waals surface area contributed by atoms with Crippen LogP contribution in [-0.2, 0) is 31.9 Å². The Kier molecular flexibility index (Phi) is 7.31. The summed E-state index contributed by atoms with van der Waals surface area (Å²) >= 11 is 0. The molecule has 1 fully saturated rings. The molecule has 0 amide bonds. The van der Waals surface area contributed by atoms with Gasteiger partial charge in [0, 0.05) is 0 Å². The van der Waals surface area contributed by atoms with Crippen LogP contribution in [0.1, 0.15) is 11.1 Å². The molecule has 6 N–H and O–H groups in total. The van der Waals surface area contributed by atoms with Crippen LogP contribution in [0.25, 0.3) is 0 Å². The summed E-state index contributed by atoms with van der Waals surface area (Å²) in [6.45, 7) is 0. The van der Waals surface area contributed by atoms with E-state index in [1.165, 1.54) is 48.5 Å². The fraction of sp³-hybridized carbons (Fsp3) is 0.364. The largest absolute Gasteiger partial charge is 0.508 e. The van der Waals surface area contributed by atoms with Crippen molar-refractivity contribution in [2.45, 2.75) is 49.5 Å². The Hall–Kier alpha value is -3.18. The average molecular weight is 448 g/mol. The van der Waals surface area contributed by atoms with Gasteiger partial charge in [0.15, 0.2) is 12.2 Å². The Morgan fingerprint density at radius 1 is 0.594 bits per heavy atom. The lowest BCUT2D eigenvalue weighted by Gasteiger charge is -2.42. The maximum atomic E-state index is 12.3. The Morgan fingerprint density at radius 3 is 1.28 bits per heavy atom. The SMILES string of the molecule is O=C(Cc1ccc(O)cc1)OC1C(O)C(O)C(O)C(OC(=O)Cc2ccc(O)cc2)C1O. The molecule has 0 aromatic heterocycles. The number of hydrogen-bond donors (Lipinski definition) is 6. The molecule has 0 heterocycles. The summed E-state index contributed by atoms with van der Waals surface area (Å²) in [5, 5.41) is 59.6. The lowest BCUT2D eigenvalue weighted by molar-refractivity contribution is -0.240. The van der Waals surface area contributed by atoms with E-state index >= 15 is 0 Å². The van der Waals surface area contributed by atoms with Crippen molar-refractivity contribution in [2.75, 3.05) is 0 Å². The lowest BCUT2D eigenvalue weighted by atomic mass is 9.84. The summed E-state index contributed by atoms with van der Waals surface area (Å²) in [4.78, 5) is 24.5. The van der Waals surface area contributed by atoms with Crippen LogP contribution in [0.5, 0.6) is 11.5 Å². The number of aliphatic hydroxyl groups is 4. The van der Waals surface area contributed by atoms with Gasteiger partial charge in [0.1, 0.15) is 35.9 Å². The molecule has 0 radical (unpaired) electrons. The number of aromatic hydroxyl groups is 2.